The normalized spacial score (nSPS) is 10.5. The van der Waals surface area contributed by atoms with E-state index in [1.165, 1.54) is 5.56 Å². The van der Waals surface area contributed by atoms with E-state index in [4.69, 9.17) is 4.74 Å². The molecule has 72 valence electrons. The fraction of sp³-hybridized carbons (Fsp3) is 0.400. The monoisotopic (exact) mass is 306 g/mol. The molecular formula is C10H12Br2O. The van der Waals surface area contributed by atoms with Crippen LogP contribution in [0.3, 0.4) is 0 Å². The minimum atomic E-state index is 0.205. The Hall–Kier alpha value is -0.0200. The summed E-state index contributed by atoms with van der Waals surface area (Å²) in [6, 6.07) is 6.05. The van der Waals surface area contributed by atoms with Gasteiger partial charge in [0.25, 0.3) is 0 Å². The van der Waals surface area contributed by atoms with Gasteiger partial charge in [-0.05, 0) is 35.8 Å². The van der Waals surface area contributed by atoms with Crippen molar-refractivity contribution in [3.05, 3.63) is 28.2 Å². The molecule has 0 aliphatic heterocycles. The van der Waals surface area contributed by atoms with Crippen molar-refractivity contribution in [1.29, 1.82) is 0 Å². The first kappa shape index (κ1) is 11.1. The summed E-state index contributed by atoms with van der Waals surface area (Å²) < 4.78 is 6.70. The number of hydrogen-bond donors (Lipinski definition) is 0. The van der Waals surface area contributed by atoms with Gasteiger partial charge in [0, 0.05) is 10.9 Å². The van der Waals surface area contributed by atoms with Gasteiger partial charge in [0.05, 0.1) is 10.6 Å². The Morgan fingerprint density at radius 1 is 1.38 bits per heavy atom. The smallest absolute Gasteiger partial charge is 0.137 e. The van der Waals surface area contributed by atoms with E-state index in [-0.39, 0.29) is 6.10 Å². The predicted molar refractivity (Wildman–Crippen MR) is 62.5 cm³/mol. The van der Waals surface area contributed by atoms with E-state index in [9.17, 15) is 0 Å². The van der Waals surface area contributed by atoms with Crippen LogP contribution in [-0.2, 0) is 5.33 Å². The largest absolute Gasteiger partial charge is 0.490 e. The molecule has 1 rings (SSSR count). The highest BCUT2D eigenvalue weighted by Crippen LogP contribution is 2.31. The van der Waals surface area contributed by atoms with Crippen LogP contribution in [0.1, 0.15) is 19.4 Å². The van der Waals surface area contributed by atoms with Gasteiger partial charge in [0.15, 0.2) is 0 Å². The van der Waals surface area contributed by atoms with Crippen LogP contribution in [0.2, 0.25) is 0 Å². The Bertz CT molecular complexity index is 284. The van der Waals surface area contributed by atoms with Crippen LogP contribution < -0.4 is 4.74 Å². The quantitative estimate of drug-likeness (QED) is 0.763. The van der Waals surface area contributed by atoms with Gasteiger partial charge in [-0.1, -0.05) is 28.1 Å². The lowest BCUT2D eigenvalue weighted by Crippen LogP contribution is -2.07. The van der Waals surface area contributed by atoms with Crippen molar-refractivity contribution in [3.63, 3.8) is 0 Å². The number of para-hydroxylation sites is 1. The maximum Gasteiger partial charge on any atom is 0.137 e. The summed E-state index contributed by atoms with van der Waals surface area (Å²) in [4.78, 5) is 0. The Balaban J connectivity index is 3.00. The number of alkyl halides is 1. The zero-order valence-corrected chi connectivity index (χ0v) is 10.9. The summed E-state index contributed by atoms with van der Waals surface area (Å²) in [6.45, 7) is 4.05. The molecule has 0 heterocycles. The van der Waals surface area contributed by atoms with E-state index >= 15 is 0 Å². The summed E-state index contributed by atoms with van der Waals surface area (Å²) in [6.07, 6.45) is 0.205. The summed E-state index contributed by atoms with van der Waals surface area (Å²) in [5.41, 5.74) is 1.17. The third-order valence-electron chi connectivity index (χ3n) is 1.55. The van der Waals surface area contributed by atoms with E-state index in [1.807, 2.05) is 26.0 Å². The molecule has 1 nitrogen and oxygen atoms in total. The van der Waals surface area contributed by atoms with Crippen LogP contribution in [0, 0.1) is 0 Å². The van der Waals surface area contributed by atoms with Crippen LogP contribution >= 0.6 is 31.9 Å². The molecule has 3 heteroatoms. The minimum absolute atomic E-state index is 0.205. The number of halogens is 2. The van der Waals surface area contributed by atoms with Crippen LogP contribution in [0.5, 0.6) is 5.75 Å². The standard InChI is InChI=1S/C10H12Br2O/c1-7(2)13-10-8(6-11)4-3-5-9(10)12/h3-5,7H,6H2,1-2H3. The highest BCUT2D eigenvalue weighted by Gasteiger charge is 2.07. The molecule has 0 atom stereocenters. The first-order valence-corrected chi connectivity index (χ1v) is 6.06. The molecule has 0 radical (unpaired) electrons. The second-order valence-electron chi connectivity index (χ2n) is 3.03. The fourth-order valence-corrected chi connectivity index (χ4v) is 1.97. The molecule has 0 amide bonds. The van der Waals surface area contributed by atoms with Crippen molar-refractivity contribution >= 4 is 31.9 Å². The third-order valence-corrected chi connectivity index (χ3v) is 2.77. The molecule has 0 aromatic heterocycles. The second-order valence-corrected chi connectivity index (χ2v) is 4.44. The second kappa shape index (κ2) is 5.01. The van der Waals surface area contributed by atoms with Gasteiger partial charge in [-0.25, -0.2) is 0 Å². The van der Waals surface area contributed by atoms with Crippen molar-refractivity contribution in [3.8, 4) is 5.75 Å². The van der Waals surface area contributed by atoms with Crippen molar-refractivity contribution in [2.24, 2.45) is 0 Å². The maximum atomic E-state index is 5.69. The summed E-state index contributed by atoms with van der Waals surface area (Å²) in [7, 11) is 0. The van der Waals surface area contributed by atoms with Crippen LogP contribution in [-0.4, -0.2) is 6.10 Å². The maximum absolute atomic E-state index is 5.69. The molecule has 0 aliphatic carbocycles. The Morgan fingerprint density at radius 2 is 2.08 bits per heavy atom. The molecule has 13 heavy (non-hydrogen) atoms. The minimum Gasteiger partial charge on any atom is -0.490 e. The lowest BCUT2D eigenvalue weighted by Gasteiger charge is -2.14. The number of benzene rings is 1. The molecule has 0 saturated heterocycles. The lowest BCUT2D eigenvalue weighted by molar-refractivity contribution is 0.239. The fourth-order valence-electron chi connectivity index (χ4n) is 1.03. The van der Waals surface area contributed by atoms with Crippen LogP contribution in [0.25, 0.3) is 0 Å². The average molecular weight is 308 g/mol. The third kappa shape index (κ3) is 2.99. The molecule has 0 spiro atoms. The number of rotatable bonds is 3. The van der Waals surface area contributed by atoms with Crippen molar-refractivity contribution in [1.82, 2.24) is 0 Å². The van der Waals surface area contributed by atoms with Gasteiger partial charge in [0.1, 0.15) is 5.75 Å². The summed E-state index contributed by atoms with van der Waals surface area (Å²) >= 11 is 6.90. The van der Waals surface area contributed by atoms with E-state index in [0.717, 1.165) is 15.6 Å². The highest BCUT2D eigenvalue weighted by atomic mass is 79.9. The predicted octanol–water partition coefficient (Wildman–Crippen LogP) is 4.13. The number of hydrogen-bond acceptors (Lipinski definition) is 1. The van der Waals surface area contributed by atoms with E-state index in [0.29, 0.717) is 0 Å². The highest BCUT2D eigenvalue weighted by molar-refractivity contribution is 9.10. The van der Waals surface area contributed by atoms with Crippen molar-refractivity contribution < 1.29 is 4.74 Å². The Kier molecular flexibility index (Phi) is 4.26. The summed E-state index contributed by atoms with van der Waals surface area (Å²) in [5.74, 6) is 0.939. The molecule has 1 aromatic rings. The van der Waals surface area contributed by atoms with Crippen molar-refractivity contribution in [2.45, 2.75) is 25.3 Å². The molecule has 0 saturated carbocycles. The lowest BCUT2D eigenvalue weighted by atomic mass is 10.2. The molecule has 0 N–H and O–H groups in total. The van der Waals surface area contributed by atoms with Gasteiger partial charge >= 0.3 is 0 Å². The molecule has 0 bridgehead atoms. The zero-order chi connectivity index (χ0) is 9.84. The Morgan fingerprint density at radius 3 is 2.62 bits per heavy atom. The van der Waals surface area contributed by atoms with Crippen molar-refractivity contribution in [2.75, 3.05) is 0 Å². The summed E-state index contributed by atoms with van der Waals surface area (Å²) in [5, 5.41) is 0.814. The van der Waals surface area contributed by atoms with Gasteiger partial charge in [-0.2, -0.15) is 0 Å². The van der Waals surface area contributed by atoms with Gasteiger partial charge < -0.3 is 4.74 Å². The molecule has 0 unspecified atom stereocenters. The molecular weight excluding hydrogens is 296 g/mol. The average Bonchev–Trinajstić information content (AvgIpc) is 2.08. The SMILES string of the molecule is CC(C)Oc1c(Br)cccc1CBr. The van der Waals surface area contributed by atoms with E-state index in [1.54, 1.807) is 0 Å². The number of ether oxygens (including phenoxy) is 1. The Labute approximate surface area is 95.7 Å². The molecule has 0 aliphatic rings. The zero-order valence-electron chi connectivity index (χ0n) is 7.68. The van der Waals surface area contributed by atoms with Gasteiger partial charge in [-0.15, -0.1) is 0 Å². The van der Waals surface area contributed by atoms with Crippen LogP contribution in [0.15, 0.2) is 22.7 Å². The molecule has 1 aromatic carbocycles. The van der Waals surface area contributed by atoms with Crippen LogP contribution in [0.4, 0.5) is 0 Å². The van der Waals surface area contributed by atoms with Gasteiger partial charge in [0.2, 0.25) is 0 Å². The van der Waals surface area contributed by atoms with E-state index in [2.05, 4.69) is 37.9 Å². The first-order valence-electron chi connectivity index (χ1n) is 4.15. The van der Waals surface area contributed by atoms with Gasteiger partial charge in [-0.3, -0.25) is 0 Å². The first-order chi connectivity index (χ1) is 6.15. The molecule has 0 fully saturated rings. The van der Waals surface area contributed by atoms with E-state index < -0.39 is 0 Å². The topological polar surface area (TPSA) is 9.23 Å².